The van der Waals surface area contributed by atoms with Gasteiger partial charge >= 0.3 is 0 Å². The van der Waals surface area contributed by atoms with Crippen LogP contribution in [0.25, 0.3) is 17.1 Å². The monoisotopic (exact) mass is 493 g/mol. The molecule has 2 aromatic heterocycles. The molecule has 1 saturated heterocycles. The number of pyridine rings is 1. The molecule has 0 amide bonds. The molecular weight excluding hydrogens is 470 g/mol. The van der Waals surface area contributed by atoms with Gasteiger partial charge in [0.2, 0.25) is 10.0 Å². The predicted molar refractivity (Wildman–Crippen MR) is 130 cm³/mol. The van der Waals surface area contributed by atoms with E-state index >= 15 is 0 Å². The highest BCUT2D eigenvalue weighted by Gasteiger charge is 2.26. The van der Waals surface area contributed by atoms with Crippen LogP contribution in [0.15, 0.2) is 89.2 Å². The van der Waals surface area contributed by atoms with E-state index < -0.39 is 10.0 Å². The Balaban J connectivity index is 1.42. The number of hydrogen-bond acceptors (Lipinski definition) is 7. The van der Waals surface area contributed by atoms with Crippen LogP contribution in [0.3, 0.4) is 0 Å². The molecule has 0 atom stereocenters. The number of sulfonamides is 1. The van der Waals surface area contributed by atoms with Crippen LogP contribution in [0.4, 0.5) is 0 Å². The Morgan fingerprint density at radius 1 is 0.941 bits per heavy atom. The summed E-state index contributed by atoms with van der Waals surface area (Å²) in [7, 11) is -3.55. The van der Waals surface area contributed by atoms with Gasteiger partial charge in [-0.2, -0.15) is 4.31 Å². The molecule has 34 heavy (non-hydrogen) atoms. The van der Waals surface area contributed by atoms with Gasteiger partial charge in [0, 0.05) is 42.5 Å². The molecule has 3 heterocycles. The van der Waals surface area contributed by atoms with Crippen LogP contribution in [0.5, 0.6) is 0 Å². The molecule has 10 heteroatoms. The average Bonchev–Trinajstić information content (AvgIpc) is 3.33. The van der Waals surface area contributed by atoms with E-state index in [2.05, 4.69) is 15.2 Å². The summed E-state index contributed by atoms with van der Waals surface area (Å²) in [5, 5.41) is 9.58. The van der Waals surface area contributed by atoms with E-state index in [0.29, 0.717) is 47.9 Å². The maximum atomic E-state index is 13.0. The lowest BCUT2D eigenvalue weighted by atomic mass is 10.2. The van der Waals surface area contributed by atoms with Gasteiger partial charge in [-0.3, -0.25) is 9.55 Å². The summed E-state index contributed by atoms with van der Waals surface area (Å²) in [6.45, 7) is 1.59. The lowest BCUT2D eigenvalue weighted by Crippen LogP contribution is -2.40. The molecule has 0 saturated carbocycles. The summed E-state index contributed by atoms with van der Waals surface area (Å²) in [4.78, 5) is 4.51. The van der Waals surface area contributed by atoms with Crippen LogP contribution in [0.2, 0.25) is 0 Å². The first-order valence-corrected chi connectivity index (χ1v) is 13.3. The van der Waals surface area contributed by atoms with Crippen molar-refractivity contribution in [2.75, 3.05) is 26.3 Å². The minimum atomic E-state index is -3.55. The number of morpholine rings is 1. The van der Waals surface area contributed by atoms with Crippen LogP contribution in [0.1, 0.15) is 5.56 Å². The molecule has 0 N–H and O–H groups in total. The van der Waals surface area contributed by atoms with Gasteiger partial charge in [0.25, 0.3) is 0 Å². The third-order valence-corrected chi connectivity index (χ3v) is 8.34. The summed E-state index contributed by atoms with van der Waals surface area (Å²) in [6, 6.07) is 20.8. The van der Waals surface area contributed by atoms with Crippen molar-refractivity contribution in [1.29, 1.82) is 0 Å². The topological polar surface area (TPSA) is 90.2 Å². The van der Waals surface area contributed by atoms with Gasteiger partial charge in [-0.15, -0.1) is 10.2 Å². The van der Waals surface area contributed by atoms with Crippen molar-refractivity contribution >= 4 is 21.8 Å². The van der Waals surface area contributed by atoms with Crippen LogP contribution in [-0.2, 0) is 20.5 Å². The predicted octanol–water partition coefficient (Wildman–Crippen LogP) is 3.64. The van der Waals surface area contributed by atoms with E-state index in [4.69, 9.17) is 4.74 Å². The molecule has 1 aliphatic rings. The standard InChI is InChI=1S/C24H23N5O3S2/c30-34(31,28-12-14-32-15-13-28)22-10-4-6-19(16-22)18-33-24-27-26-23(20-7-5-11-25-17-20)29(24)21-8-2-1-3-9-21/h1-11,16-17H,12-15,18H2. The average molecular weight is 494 g/mol. The Morgan fingerprint density at radius 2 is 1.76 bits per heavy atom. The smallest absolute Gasteiger partial charge is 0.243 e. The number of benzene rings is 2. The molecule has 0 radical (unpaired) electrons. The zero-order valence-corrected chi connectivity index (χ0v) is 20.0. The Labute approximate surface area is 202 Å². The van der Waals surface area contributed by atoms with Crippen molar-refractivity contribution in [3.8, 4) is 17.1 Å². The maximum absolute atomic E-state index is 13.0. The lowest BCUT2D eigenvalue weighted by molar-refractivity contribution is 0.0730. The number of nitrogens with zero attached hydrogens (tertiary/aromatic N) is 5. The number of rotatable bonds is 7. The molecule has 2 aromatic carbocycles. The van der Waals surface area contributed by atoms with E-state index in [-0.39, 0.29) is 0 Å². The molecule has 174 valence electrons. The quantitative estimate of drug-likeness (QED) is 0.363. The van der Waals surface area contributed by atoms with Gasteiger partial charge < -0.3 is 4.74 Å². The third kappa shape index (κ3) is 4.76. The van der Waals surface area contributed by atoms with Crippen molar-refractivity contribution in [3.05, 3.63) is 84.7 Å². The fourth-order valence-corrected chi connectivity index (χ4v) is 6.11. The maximum Gasteiger partial charge on any atom is 0.243 e. The summed E-state index contributed by atoms with van der Waals surface area (Å²) >= 11 is 1.51. The zero-order chi connectivity index (χ0) is 23.4. The largest absolute Gasteiger partial charge is 0.379 e. The molecule has 0 bridgehead atoms. The first kappa shape index (κ1) is 22.7. The van der Waals surface area contributed by atoms with Crippen LogP contribution in [-0.4, -0.2) is 58.8 Å². The molecule has 8 nitrogen and oxygen atoms in total. The van der Waals surface area contributed by atoms with Crippen molar-refractivity contribution in [3.63, 3.8) is 0 Å². The molecule has 0 unspecified atom stereocenters. The van der Waals surface area contributed by atoms with Crippen molar-refractivity contribution in [1.82, 2.24) is 24.1 Å². The molecular formula is C24H23N5O3S2. The van der Waals surface area contributed by atoms with E-state index in [1.807, 2.05) is 53.1 Å². The fourth-order valence-electron chi connectivity index (χ4n) is 3.73. The zero-order valence-electron chi connectivity index (χ0n) is 18.3. The number of aromatic nitrogens is 4. The first-order valence-electron chi connectivity index (χ1n) is 10.8. The Kier molecular flexibility index (Phi) is 6.73. The highest BCUT2D eigenvalue weighted by molar-refractivity contribution is 7.98. The second-order valence-corrected chi connectivity index (χ2v) is 10.6. The highest BCUT2D eigenvalue weighted by Crippen LogP contribution is 2.30. The van der Waals surface area contributed by atoms with Gasteiger partial charge in [-0.25, -0.2) is 8.42 Å². The highest BCUT2D eigenvalue weighted by atomic mass is 32.2. The molecule has 5 rings (SSSR count). The Bertz CT molecular complexity index is 1360. The number of hydrogen-bond donors (Lipinski definition) is 0. The normalized spacial score (nSPS) is 14.8. The van der Waals surface area contributed by atoms with E-state index in [0.717, 1.165) is 16.8 Å². The molecule has 1 aliphatic heterocycles. The second kappa shape index (κ2) is 10.1. The number of ether oxygens (including phenoxy) is 1. The number of thioether (sulfide) groups is 1. The summed E-state index contributed by atoms with van der Waals surface area (Å²) in [5.74, 6) is 1.25. The van der Waals surface area contributed by atoms with Crippen molar-refractivity contribution in [2.24, 2.45) is 0 Å². The van der Waals surface area contributed by atoms with Crippen LogP contribution in [0, 0.1) is 0 Å². The molecule has 0 spiro atoms. The summed E-state index contributed by atoms with van der Waals surface area (Å²) in [6.07, 6.45) is 3.48. The van der Waals surface area contributed by atoms with E-state index in [1.165, 1.54) is 16.1 Å². The number of para-hydroxylation sites is 1. The fraction of sp³-hybridized carbons (Fsp3) is 0.208. The molecule has 4 aromatic rings. The third-order valence-electron chi connectivity index (χ3n) is 5.44. The van der Waals surface area contributed by atoms with Gasteiger partial charge in [-0.1, -0.05) is 42.1 Å². The van der Waals surface area contributed by atoms with E-state index in [9.17, 15) is 8.42 Å². The van der Waals surface area contributed by atoms with Gasteiger partial charge in [-0.05, 0) is 42.0 Å². The Morgan fingerprint density at radius 3 is 2.53 bits per heavy atom. The van der Waals surface area contributed by atoms with Crippen molar-refractivity contribution in [2.45, 2.75) is 15.8 Å². The van der Waals surface area contributed by atoms with Gasteiger partial charge in [0.15, 0.2) is 11.0 Å². The summed E-state index contributed by atoms with van der Waals surface area (Å²) in [5.41, 5.74) is 2.70. The van der Waals surface area contributed by atoms with Crippen molar-refractivity contribution < 1.29 is 13.2 Å². The first-order chi connectivity index (χ1) is 16.6. The second-order valence-electron chi connectivity index (χ2n) is 7.67. The lowest BCUT2D eigenvalue weighted by Gasteiger charge is -2.26. The molecule has 1 fully saturated rings. The molecule has 0 aliphatic carbocycles. The SMILES string of the molecule is O=S(=O)(c1cccc(CSc2nnc(-c3cccnc3)n2-c2ccccc2)c1)N1CCOCC1. The van der Waals surface area contributed by atoms with E-state index in [1.54, 1.807) is 30.6 Å². The Hall–Kier alpha value is -3.05. The minimum Gasteiger partial charge on any atom is -0.379 e. The summed E-state index contributed by atoms with van der Waals surface area (Å²) < 4.78 is 34.9. The van der Waals surface area contributed by atoms with Gasteiger partial charge in [0.05, 0.1) is 18.1 Å². The van der Waals surface area contributed by atoms with Crippen LogP contribution >= 0.6 is 11.8 Å². The van der Waals surface area contributed by atoms with Crippen LogP contribution < -0.4 is 0 Å². The minimum absolute atomic E-state index is 0.299. The van der Waals surface area contributed by atoms with Gasteiger partial charge in [0.1, 0.15) is 0 Å².